The summed E-state index contributed by atoms with van der Waals surface area (Å²) in [7, 11) is 0. The fraction of sp³-hybridized carbons (Fsp3) is 0.0800. The molecular formula is C25H20FN3O3. The molecule has 7 heteroatoms. The van der Waals surface area contributed by atoms with Crippen molar-refractivity contribution in [2.75, 3.05) is 5.32 Å². The van der Waals surface area contributed by atoms with E-state index in [1.54, 1.807) is 30.3 Å². The summed E-state index contributed by atoms with van der Waals surface area (Å²) >= 11 is 0. The van der Waals surface area contributed by atoms with Gasteiger partial charge in [-0.05, 0) is 55.0 Å². The van der Waals surface area contributed by atoms with Crippen molar-refractivity contribution in [3.05, 3.63) is 118 Å². The van der Waals surface area contributed by atoms with Crippen molar-refractivity contribution in [3.8, 4) is 11.6 Å². The maximum absolute atomic E-state index is 13.3. The number of nitrogens with zero attached hydrogens (tertiary/aromatic N) is 2. The Labute approximate surface area is 183 Å². The molecule has 3 aromatic carbocycles. The van der Waals surface area contributed by atoms with Crippen molar-refractivity contribution >= 4 is 11.6 Å². The molecule has 160 valence electrons. The lowest BCUT2D eigenvalue weighted by molar-refractivity contribution is 0.102. The molecule has 0 spiro atoms. The molecule has 0 bridgehead atoms. The number of rotatable bonds is 6. The number of aromatic nitrogens is 2. The van der Waals surface area contributed by atoms with Crippen LogP contribution in [0, 0.1) is 12.7 Å². The second-order valence-corrected chi connectivity index (χ2v) is 7.21. The van der Waals surface area contributed by atoms with E-state index in [4.69, 9.17) is 4.74 Å². The summed E-state index contributed by atoms with van der Waals surface area (Å²) in [5, 5.41) is 6.90. The van der Waals surface area contributed by atoms with Gasteiger partial charge in [-0.3, -0.25) is 9.59 Å². The predicted octanol–water partition coefficient (Wildman–Crippen LogP) is 4.51. The van der Waals surface area contributed by atoms with Crippen LogP contribution in [0.1, 0.15) is 21.5 Å². The first-order valence-electron chi connectivity index (χ1n) is 9.94. The van der Waals surface area contributed by atoms with Gasteiger partial charge in [-0.15, -0.1) is 5.10 Å². The number of carbonyl (C=O) groups excluding carboxylic acids is 1. The SMILES string of the molecule is Cc1cccc(COc2ccc(=O)n(-c3ccc(C(=O)Nc4cccc(F)c4)cc3)n2)c1. The molecule has 0 saturated heterocycles. The molecule has 1 amide bonds. The lowest BCUT2D eigenvalue weighted by Crippen LogP contribution is -2.20. The number of hydrogen-bond donors (Lipinski definition) is 1. The van der Waals surface area contributed by atoms with Gasteiger partial charge in [0.15, 0.2) is 0 Å². The molecule has 4 aromatic rings. The first-order valence-corrected chi connectivity index (χ1v) is 9.94. The highest BCUT2D eigenvalue weighted by Gasteiger charge is 2.09. The second-order valence-electron chi connectivity index (χ2n) is 7.21. The van der Waals surface area contributed by atoms with Gasteiger partial charge in [-0.1, -0.05) is 35.9 Å². The summed E-state index contributed by atoms with van der Waals surface area (Å²) < 4.78 is 20.2. The monoisotopic (exact) mass is 429 g/mol. The van der Waals surface area contributed by atoms with Crippen LogP contribution in [0.25, 0.3) is 5.69 Å². The maximum Gasteiger partial charge on any atom is 0.271 e. The Kier molecular flexibility index (Phi) is 6.07. The van der Waals surface area contributed by atoms with Gasteiger partial charge in [0.1, 0.15) is 12.4 Å². The summed E-state index contributed by atoms with van der Waals surface area (Å²) in [6.45, 7) is 2.33. The molecule has 0 aliphatic carbocycles. The Morgan fingerprint density at radius 1 is 1.00 bits per heavy atom. The summed E-state index contributed by atoms with van der Waals surface area (Å²) in [6, 6.07) is 22.8. The van der Waals surface area contributed by atoms with E-state index in [1.165, 1.54) is 35.0 Å². The van der Waals surface area contributed by atoms with E-state index < -0.39 is 11.7 Å². The van der Waals surface area contributed by atoms with E-state index in [2.05, 4.69) is 10.4 Å². The van der Waals surface area contributed by atoms with Crippen molar-refractivity contribution in [3.63, 3.8) is 0 Å². The number of anilines is 1. The highest BCUT2D eigenvalue weighted by Crippen LogP contribution is 2.14. The van der Waals surface area contributed by atoms with Crippen LogP contribution in [0.3, 0.4) is 0 Å². The number of benzene rings is 3. The second kappa shape index (κ2) is 9.26. The van der Waals surface area contributed by atoms with Crippen molar-refractivity contribution in [1.29, 1.82) is 0 Å². The van der Waals surface area contributed by atoms with Gasteiger partial charge >= 0.3 is 0 Å². The Bertz CT molecular complexity index is 1320. The number of hydrogen-bond acceptors (Lipinski definition) is 4. The van der Waals surface area contributed by atoms with Gasteiger partial charge in [0.25, 0.3) is 11.5 Å². The zero-order chi connectivity index (χ0) is 22.5. The van der Waals surface area contributed by atoms with E-state index in [1.807, 2.05) is 31.2 Å². The normalized spacial score (nSPS) is 10.6. The highest BCUT2D eigenvalue weighted by atomic mass is 19.1. The number of carbonyl (C=O) groups is 1. The van der Waals surface area contributed by atoms with Crippen molar-refractivity contribution in [2.45, 2.75) is 13.5 Å². The third-order valence-corrected chi connectivity index (χ3v) is 4.70. The number of aryl methyl sites for hydroxylation is 1. The van der Waals surface area contributed by atoms with Gasteiger partial charge in [0.05, 0.1) is 5.69 Å². The Morgan fingerprint density at radius 2 is 1.78 bits per heavy atom. The summed E-state index contributed by atoms with van der Waals surface area (Å²) in [4.78, 5) is 24.7. The number of nitrogens with one attached hydrogen (secondary N) is 1. The van der Waals surface area contributed by atoms with Crippen LogP contribution in [-0.4, -0.2) is 15.7 Å². The Morgan fingerprint density at radius 3 is 2.53 bits per heavy atom. The van der Waals surface area contributed by atoms with E-state index in [0.29, 0.717) is 29.4 Å². The van der Waals surface area contributed by atoms with Crippen LogP contribution in [0.15, 0.2) is 89.7 Å². The van der Waals surface area contributed by atoms with Crippen LogP contribution < -0.4 is 15.6 Å². The standard InChI is InChI=1S/C25H20FN3O3/c1-17-4-2-5-18(14-17)16-32-23-12-13-24(30)29(28-23)22-10-8-19(9-11-22)25(31)27-21-7-3-6-20(26)15-21/h2-15H,16H2,1H3,(H,27,31). The third kappa shape index (κ3) is 5.07. The number of ether oxygens (including phenoxy) is 1. The van der Waals surface area contributed by atoms with E-state index >= 15 is 0 Å². The first-order chi connectivity index (χ1) is 15.5. The molecule has 0 unspecified atom stereocenters. The van der Waals surface area contributed by atoms with Crippen LogP contribution >= 0.6 is 0 Å². The lowest BCUT2D eigenvalue weighted by Gasteiger charge is -2.10. The molecule has 0 aliphatic rings. The molecule has 4 rings (SSSR count). The minimum atomic E-state index is -0.437. The van der Waals surface area contributed by atoms with Gasteiger partial charge in [0, 0.05) is 23.4 Å². The van der Waals surface area contributed by atoms with Crippen LogP contribution in [-0.2, 0) is 6.61 Å². The molecule has 32 heavy (non-hydrogen) atoms. The molecule has 6 nitrogen and oxygen atoms in total. The molecule has 0 fully saturated rings. The fourth-order valence-electron chi connectivity index (χ4n) is 3.14. The summed E-state index contributed by atoms with van der Waals surface area (Å²) in [6.07, 6.45) is 0. The maximum atomic E-state index is 13.3. The third-order valence-electron chi connectivity index (χ3n) is 4.70. The Hall–Kier alpha value is -4.26. The van der Waals surface area contributed by atoms with Crippen LogP contribution in [0.5, 0.6) is 5.88 Å². The quantitative estimate of drug-likeness (QED) is 0.489. The lowest BCUT2D eigenvalue weighted by atomic mass is 10.1. The van der Waals surface area contributed by atoms with Crippen molar-refractivity contribution < 1.29 is 13.9 Å². The van der Waals surface area contributed by atoms with E-state index in [0.717, 1.165) is 11.1 Å². The zero-order valence-electron chi connectivity index (χ0n) is 17.3. The summed E-state index contributed by atoms with van der Waals surface area (Å²) in [5.41, 5.74) is 3.00. The van der Waals surface area contributed by atoms with E-state index in [9.17, 15) is 14.0 Å². The molecule has 0 saturated carbocycles. The Balaban J connectivity index is 1.49. The topological polar surface area (TPSA) is 73.2 Å². The number of amides is 1. The zero-order valence-corrected chi connectivity index (χ0v) is 17.3. The molecule has 0 aliphatic heterocycles. The molecule has 0 radical (unpaired) electrons. The fourth-order valence-corrected chi connectivity index (χ4v) is 3.14. The summed E-state index contributed by atoms with van der Waals surface area (Å²) in [5.74, 6) is -0.523. The van der Waals surface area contributed by atoms with Gasteiger partial charge in [-0.2, -0.15) is 4.68 Å². The van der Waals surface area contributed by atoms with Gasteiger partial charge in [0.2, 0.25) is 5.88 Å². The molecular weight excluding hydrogens is 409 g/mol. The first kappa shape index (κ1) is 21.0. The molecule has 1 heterocycles. The van der Waals surface area contributed by atoms with Crippen LogP contribution in [0.4, 0.5) is 10.1 Å². The average Bonchev–Trinajstić information content (AvgIpc) is 2.79. The van der Waals surface area contributed by atoms with Gasteiger partial charge < -0.3 is 10.1 Å². The average molecular weight is 429 g/mol. The molecule has 0 atom stereocenters. The highest BCUT2D eigenvalue weighted by molar-refractivity contribution is 6.04. The smallest absolute Gasteiger partial charge is 0.271 e. The van der Waals surface area contributed by atoms with Gasteiger partial charge in [-0.25, -0.2) is 4.39 Å². The minimum Gasteiger partial charge on any atom is -0.472 e. The van der Waals surface area contributed by atoms with Crippen molar-refractivity contribution in [1.82, 2.24) is 9.78 Å². The predicted molar refractivity (Wildman–Crippen MR) is 120 cm³/mol. The molecule has 1 aromatic heterocycles. The van der Waals surface area contributed by atoms with Crippen LogP contribution in [0.2, 0.25) is 0 Å². The van der Waals surface area contributed by atoms with Crippen molar-refractivity contribution in [2.24, 2.45) is 0 Å². The molecule has 1 N–H and O–H groups in total. The number of halogens is 1. The largest absolute Gasteiger partial charge is 0.472 e. The van der Waals surface area contributed by atoms with E-state index in [-0.39, 0.29) is 5.56 Å². The minimum absolute atomic E-state index is 0.305.